The minimum absolute atomic E-state index is 0.316. The van der Waals surface area contributed by atoms with E-state index >= 15 is 0 Å². The number of aliphatic hydroxyl groups is 1. The lowest BCUT2D eigenvalue weighted by molar-refractivity contribution is 0.0926. The van der Waals surface area contributed by atoms with Crippen molar-refractivity contribution in [1.82, 2.24) is 5.32 Å². The van der Waals surface area contributed by atoms with Gasteiger partial charge in [0.1, 0.15) is 0 Å². The van der Waals surface area contributed by atoms with Crippen molar-refractivity contribution in [2.24, 2.45) is 5.92 Å². The molecule has 2 rings (SSSR count). The van der Waals surface area contributed by atoms with Gasteiger partial charge in [0.15, 0.2) is 0 Å². The molecule has 0 amide bonds. The molecule has 0 radical (unpaired) electrons. The van der Waals surface area contributed by atoms with E-state index in [0.29, 0.717) is 5.92 Å². The molecule has 1 aliphatic rings. The van der Waals surface area contributed by atoms with Crippen LogP contribution in [0, 0.1) is 5.92 Å². The van der Waals surface area contributed by atoms with Crippen LogP contribution in [-0.2, 0) is 0 Å². The van der Waals surface area contributed by atoms with Gasteiger partial charge in [0.2, 0.25) is 0 Å². The number of hydrogen-bond acceptors (Lipinski definition) is 3. The fourth-order valence-corrected chi connectivity index (χ4v) is 2.91. The Morgan fingerprint density at radius 1 is 1.64 bits per heavy atom. The summed E-state index contributed by atoms with van der Waals surface area (Å²) in [5.41, 5.74) is 0.894. The number of hydrogen-bond donors (Lipinski definition) is 2. The summed E-state index contributed by atoms with van der Waals surface area (Å²) in [6.07, 6.45) is 1.82. The third-order valence-electron chi connectivity index (χ3n) is 2.75. The summed E-state index contributed by atoms with van der Waals surface area (Å²) in [6.45, 7) is 1.97. The van der Waals surface area contributed by atoms with Gasteiger partial charge in [-0.3, -0.25) is 0 Å². The second-order valence-electron chi connectivity index (χ2n) is 3.70. The zero-order chi connectivity index (χ0) is 9.97. The molecular weight excluding hydrogens is 218 g/mol. The first-order chi connectivity index (χ1) is 6.79. The van der Waals surface area contributed by atoms with Crippen molar-refractivity contribution in [2.45, 2.75) is 18.9 Å². The highest BCUT2D eigenvalue weighted by Crippen LogP contribution is 2.34. The van der Waals surface area contributed by atoms with Gasteiger partial charge < -0.3 is 10.4 Å². The summed E-state index contributed by atoms with van der Waals surface area (Å²) in [5.74, 6) is 0.316. The van der Waals surface area contributed by atoms with Gasteiger partial charge in [0, 0.05) is 18.0 Å². The SMILES string of the molecule is OC(c1ccsc1Cl)C1CCCNC1. The first-order valence-corrected chi connectivity index (χ1v) is 6.16. The number of nitrogens with one attached hydrogen (secondary N) is 1. The van der Waals surface area contributed by atoms with E-state index in [0.717, 1.165) is 35.8 Å². The summed E-state index contributed by atoms with van der Waals surface area (Å²) >= 11 is 7.47. The summed E-state index contributed by atoms with van der Waals surface area (Å²) in [4.78, 5) is 0. The molecule has 1 fully saturated rings. The van der Waals surface area contributed by atoms with Crippen molar-refractivity contribution >= 4 is 22.9 Å². The summed E-state index contributed by atoms with van der Waals surface area (Å²) in [7, 11) is 0. The van der Waals surface area contributed by atoms with Crippen molar-refractivity contribution in [3.8, 4) is 0 Å². The van der Waals surface area contributed by atoms with Gasteiger partial charge in [-0.25, -0.2) is 0 Å². The standard InChI is InChI=1S/C10H14ClNOS/c11-10-8(3-5-14-10)9(13)7-2-1-4-12-6-7/h3,5,7,9,12-13H,1-2,4,6H2. The third kappa shape index (κ3) is 2.11. The molecule has 0 saturated carbocycles. The molecule has 0 bridgehead atoms. The predicted molar refractivity (Wildman–Crippen MR) is 59.9 cm³/mol. The maximum absolute atomic E-state index is 10.1. The summed E-state index contributed by atoms with van der Waals surface area (Å²) in [6, 6.07) is 1.92. The molecule has 1 saturated heterocycles. The van der Waals surface area contributed by atoms with Crippen LogP contribution in [0.4, 0.5) is 0 Å². The highest BCUT2D eigenvalue weighted by molar-refractivity contribution is 7.14. The minimum atomic E-state index is -0.401. The Kier molecular flexibility index (Phi) is 3.44. The maximum atomic E-state index is 10.1. The highest BCUT2D eigenvalue weighted by atomic mass is 35.5. The zero-order valence-electron chi connectivity index (χ0n) is 7.87. The first kappa shape index (κ1) is 10.4. The molecule has 2 heterocycles. The van der Waals surface area contributed by atoms with Crippen molar-refractivity contribution < 1.29 is 5.11 Å². The summed E-state index contributed by atoms with van der Waals surface area (Å²) in [5, 5.41) is 15.3. The molecule has 2 N–H and O–H groups in total. The van der Waals surface area contributed by atoms with Crippen LogP contribution in [0.1, 0.15) is 24.5 Å². The Morgan fingerprint density at radius 3 is 3.07 bits per heavy atom. The molecule has 0 spiro atoms. The number of rotatable bonds is 2. The molecule has 4 heteroatoms. The van der Waals surface area contributed by atoms with Gasteiger partial charge in [-0.15, -0.1) is 11.3 Å². The minimum Gasteiger partial charge on any atom is -0.388 e. The van der Waals surface area contributed by atoms with Gasteiger partial charge >= 0.3 is 0 Å². The second kappa shape index (κ2) is 4.62. The molecule has 1 aromatic rings. The molecule has 2 unspecified atom stereocenters. The molecule has 0 aromatic carbocycles. The maximum Gasteiger partial charge on any atom is 0.0986 e. The van der Waals surface area contributed by atoms with E-state index in [1.165, 1.54) is 11.3 Å². The number of thiophene rings is 1. The zero-order valence-corrected chi connectivity index (χ0v) is 9.44. The van der Waals surface area contributed by atoms with Crippen LogP contribution < -0.4 is 5.32 Å². The lowest BCUT2D eigenvalue weighted by Crippen LogP contribution is -2.33. The Labute approximate surface area is 92.9 Å². The van der Waals surface area contributed by atoms with E-state index < -0.39 is 6.10 Å². The van der Waals surface area contributed by atoms with Crippen LogP contribution in [0.2, 0.25) is 4.34 Å². The highest BCUT2D eigenvalue weighted by Gasteiger charge is 2.24. The Morgan fingerprint density at radius 2 is 2.50 bits per heavy atom. The molecule has 78 valence electrons. The topological polar surface area (TPSA) is 32.3 Å². The van der Waals surface area contributed by atoms with E-state index in [4.69, 9.17) is 11.6 Å². The second-order valence-corrected chi connectivity index (χ2v) is 5.22. The molecule has 2 atom stereocenters. The number of piperidine rings is 1. The Balaban J connectivity index is 2.07. The van der Waals surface area contributed by atoms with E-state index in [1.807, 2.05) is 11.4 Å². The predicted octanol–water partition coefficient (Wildman–Crippen LogP) is 2.43. The molecule has 1 aliphatic heterocycles. The average molecular weight is 232 g/mol. The molecule has 1 aromatic heterocycles. The Bertz CT molecular complexity index is 296. The smallest absolute Gasteiger partial charge is 0.0986 e. The lowest BCUT2D eigenvalue weighted by Gasteiger charge is -2.27. The van der Waals surface area contributed by atoms with Crippen LogP contribution >= 0.6 is 22.9 Å². The van der Waals surface area contributed by atoms with Gasteiger partial charge in [-0.05, 0) is 30.8 Å². The van der Waals surface area contributed by atoms with Gasteiger partial charge in [0.05, 0.1) is 10.4 Å². The molecule has 0 aliphatic carbocycles. The molecule has 14 heavy (non-hydrogen) atoms. The van der Waals surface area contributed by atoms with E-state index in [1.54, 1.807) is 0 Å². The van der Waals surface area contributed by atoms with Crippen molar-refractivity contribution in [3.05, 3.63) is 21.3 Å². The van der Waals surface area contributed by atoms with E-state index in [2.05, 4.69) is 5.32 Å². The average Bonchev–Trinajstić information content (AvgIpc) is 2.65. The summed E-state index contributed by atoms with van der Waals surface area (Å²) < 4.78 is 0.725. The van der Waals surface area contributed by atoms with Gasteiger partial charge in [-0.2, -0.15) is 0 Å². The van der Waals surface area contributed by atoms with Crippen LogP contribution in [-0.4, -0.2) is 18.2 Å². The fourth-order valence-electron chi connectivity index (χ4n) is 1.92. The first-order valence-electron chi connectivity index (χ1n) is 4.90. The number of halogens is 1. The largest absolute Gasteiger partial charge is 0.388 e. The normalized spacial score (nSPS) is 24.9. The number of aliphatic hydroxyl groups excluding tert-OH is 1. The van der Waals surface area contributed by atoms with E-state index in [9.17, 15) is 5.11 Å². The van der Waals surface area contributed by atoms with Crippen LogP contribution in [0.3, 0.4) is 0 Å². The van der Waals surface area contributed by atoms with Gasteiger partial charge in [0.25, 0.3) is 0 Å². The molecular formula is C10H14ClNOS. The van der Waals surface area contributed by atoms with Crippen molar-refractivity contribution in [3.63, 3.8) is 0 Å². The van der Waals surface area contributed by atoms with Crippen molar-refractivity contribution in [2.75, 3.05) is 13.1 Å². The monoisotopic (exact) mass is 231 g/mol. The van der Waals surface area contributed by atoms with Crippen molar-refractivity contribution in [1.29, 1.82) is 0 Å². The quantitative estimate of drug-likeness (QED) is 0.820. The van der Waals surface area contributed by atoms with Crippen LogP contribution in [0.15, 0.2) is 11.4 Å². The van der Waals surface area contributed by atoms with Crippen LogP contribution in [0.5, 0.6) is 0 Å². The van der Waals surface area contributed by atoms with Crippen LogP contribution in [0.25, 0.3) is 0 Å². The Hall–Kier alpha value is -0.0900. The van der Waals surface area contributed by atoms with E-state index in [-0.39, 0.29) is 0 Å². The fraction of sp³-hybridized carbons (Fsp3) is 0.600. The molecule has 2 nitrogen and oxygen atoms in total. The van der Waals surface area contributed by atoms with Gasteiger partial charge in [-0.1, -0.05) is 11.6 Å². The lowest BCUT2D eigenvalue weighted by atomic mass is 9.91. The third-order valence-corrected chi connectivity index (χ3v) is 3.95.